The highest BCUT2D eigenvalue weighted by Gasteiger charge is 2.17. The van der Waals surface area contributed by atoms with Crippen LogP contribution in [0.1, 0.15) is 96.1 Å². The lowest BCUT2D eigenvalue weighted by Gasteiger charge is -2.20. The van der Waals surface area contributed by atoms with Gasteiger partial charge < -0.3 is 15.1 Å². The molecule has 3 aromatic carbocycles. The smallest absolute Gasteiger partial charge is 0.383 e. The van der Waals surface area contributed by atoms with Crippen molar-refractivity contribution in [2.45, 2.75) is 97.8 Å². The van der Waals surface area contributed by atoms with E-state index in [1.54, 1.807) is 31.2 Å². The van der Waals surface area contributed by atoms with Gasteiger partial charge in [0.15, 0.2) is 11.5 Å². The van der Waals surface area contributed by atoms with Crippen molar-refractivity contribution in [3.05, 3.63) is 96.1 Å². The first-order chi connectivity index (χ1) is 23.3. The first kappa shape index (κ1) is 40.2. The van der Waals surface area contributed by atoms with Gasteiger partial charge in [-0.3, -0.25) is 4.89 Å². The molecule has 0 aromatic heterocycles. The van der Waals surface area contributed by atoms with Gasteiger partial charge >= 0.3 is 5.97 Å². The molecule has 0 aliphatic heterocycles. The van der Waals surface area contributed by atoms with Crippen molar-refractivity contribution in [1.82, 2.24) is 0 Å². The Balaban J connectivity index is 0.00000149. The van der Waals surface area contributed by atoms with Gasteiger partial charge in [-0.05, 0) is 95.3 Å². The van der Waals surface area contributed by atoms with Crippen LogP contribution in [0.5, 0.6) is 11.5 Å². The second kappa shape index (κ2) is 23.4. The van der Waals surface area contributed by atoms with Gasteiger partial charge in [0, 0.05) is 0 Å². The molecule has 262 valence electrons. The van der Waals surface area contributed by atoms with Crippen LogP contribution >= 0.6 is 0 Å². The second-order valence-electron chi connectivity index (χ2n) is 12.0. The van der Waals surface area contributed by atoms with Gasteiger partial charge in [0.2, 0.25) is 0 Å². The lowest BCUT2D eigenvalue weighted by molar-refractivity contribution is -0.438. The summed E-state index contributed by atoms with van der Waals surface area (Å²) in [6, 6.07) is 19.5. The highest BCUT2D eigenvalue weighted by molar-refractivity contribution is 5.87. The zero-order valence-corrected chi connectivity index (χ0v) is 29.0. The topological polar surface area (TPSA) is 115 Å². The molecule has 0 radical (unpaired) electrons. The molecule has 0 amide bonds. The van der Waals surface area contributed by atoms with Gasteiger partial charge in [-0.1, -0.05) is 120 Å². The molecular weight excluding hydrogens is 608 g/mol. The quantitative estimate of drug-likeness (QED) is 0.0340. The highest BCUT2D eigenvalue weighted by Crippen LogP contribution is 2.37. The molecule has 3 N–H and O–H groups in total. The number of carbonyl (C=O) groups excluding carboxylic acids is 1. The van der Waals surface area contributed by atoms with Gasteiger partial charge in [-0.25, -0.2) is 14.9 Å². The second-order valence-corrected chi connectivity index (χ2v) is 12.0. The molecule has 0 unspecified atom stereocenters. The average Bonchev–Trinajstić information content (AvgIpc) is 3.11. The van der Waals surface area contributed by atoms with Crippen LogP contribution < -0.4 is 9.78 Å². The van der Waals surface area contributed by atoms with E-state index in [9.17, 15) is 4.79 Å². The summed E-state index contributed by atoms with van der Waals surface area (Å²) in [6.07, 6.45) is 14.0. The third kappa shape index (κ3) is 14.0. The largest absolute Gasteiger partial charge is 0.392 e. The van der Waals surface area contributed by atoms with Gasteiger partial charge in [-0.15, -0.1) is 0 Å². The monoisotopic (exact) mass is 662 g/mol. The van der Waals surface area contributed by atoms with Crippen LogP contribution in [0, 0.1) is 0 Å². The molecule has 0 atom stereocenters. The average molecular weight is 663 g/mol. The Morgan fingerprint density at radius 2 is 1.04 bits per heavy atom. The summed E-state index contributed by atoms with van der Waals surface area (Å²) in [7, 11) is 0. The van der Waals surface area contributed by atoms with Crippen LogP contribution in [-0.4, -0.2) is 34.7 Å². The molecule has 48 heavy (non-hydrogen) atoms. The molecule has 0 fully saturated rings. The number of unbranched alkanes of at least 4 members (excludes halogenated alkanes) is 8. The maximum atomic E-state index is 11.8. The molecule has 0 bridgehead atoms. The van der Waals surface area contributed by atoms with E-state index in [0.717, 1.165) is 42.4 Å². The summed E-state index contributed by atoms with van der Waals surface area (Å²) in [5.41, 5.74) is 8.00. The number of carbonyl (C=O) groups is 1. The number of aliphatic hydroxyl groups excluding tert-OH is 2. The molecule has 0 spiro atoms. The Hall–Kier alpha value is -3.95. The Morgan fingerprint density at radius 1 is 0.625 bits per heavy atom. The lowest BCUT2D eigenvalue weighted by Crippen LogP contribution is -2.12. The summed E-state index contributed by atoms with van der Waals surface area (Å²) < 4.78 is 0. The van der Waals surface area contributed by atoms with Crippen molar-refractivity contribution in [2.75, 3.05) is 13.2 Å². The van der Waals surface area contributed by atoms with Crippen molar-refractivity contribution in [1.29, 1.82) is 0 Å². The number of benzene rings is 3. The first-order valence-corrected chi connectivity index (χ1v) is 17.1. The Morgan fingerprint density at radius 3 is 1.42 bits per heavy atom. The van der Waals surface area contributed by atoms with E-state index in [4.69, 9.17) is 30.1 Å². The molecule has 0 aliphatic carbocycles. The van der Waals surface area contributed by atoms with Crippen molar-refractivity contribution in [3.63, 3.8) is 0 Å². The third-order valence-corrected chi connectivity index (χ3v) is 7.92. The van der Waals surface area contributed by atoms with Crippen LogP contribution in [0.15, 0.2) is 85.0 Å². The molecule has 0 saturated heterocycles. The molecule has 3 aromatic rings. The molecule has 0 heterocycles. The van der Waals surface area contributed by atoms with E-state index in [1.807, 2.05) is 24.3 Å². The molecule has 0 aliphatic rings. The van der Waals surface area contributed by atoms with Crippen molar-refractivity contribution >= 4 is 5.97 Å². The fraction of sp³-hybridized carbons (Fsp3) is 0.425. The minimum absolute atomic E-state index is 0.0774. The van der Waals surface area contributed by atoms with Crippen molar-refractivity contribution < 1.29 is 40.0 Å². The lowest BCUT2D eigenvalue weighted by atomic mass is 9.84. The summed E-state index contributed by atoms with van der Waals surface area (Å²) in [5.74, 6) is -0.000674. The van der Waals surface area contributed by atoms with Crippen LogP contribution in [0.25, 0.3) is 22.3 Å². The Kier molecular flexibility index (Phi) is 19.6. The predicted molar refractivity (Wildman–Crippen MR) is 191 cm³/mol. The van der Waals surface area contributed by atoms with Crippen molar-refractivity contribution in [3.8, 4) is 33.8 Å². The number of hydrogen-bond donors (Lipinski definition) is 3. The van der Waals surface area contributed by atoms with Crippen LogP contribution in [-0.2, 0) is 27.6 Å². The third-order valence-electron chi connectivity index (χ3n) is 7.92. The minimum Gasteiger partial charge on any atom is -0.392 e. The van der Waals surface area contributed by atoms with E-state index in [1.165, 1.54) is 73.6 Å². The van der Waals surface area contributed by atoms with Gasteiger partial charge in [0.25, 0.3) is 0 Å². The predicted octanol–water partition coefficient (Wildman–Crippen LogP) is 9.77. The van der Waals surface area contributed by atoms with Gasteiger partial charge in [0.05, 0.1) is 18.8 Å². The molecule has 3 rings (SSSR count). The van der Waals surface area contributed by atoms with E-state index >= 15 is 0 Å². The number of rotatable bonds is 21. The van der Waals surface area contributed by atoms with Crippen LogP contribution in [0.2, 0.25) is 0 Å². The maximum Gasteiger partial charge on any atom is 0.383 e. The molecular formula is C40H54O8. The Bertz CT molecular complexity index is 1380. The molecule has 8 nitrogen and oxygen atoms in total. The summed E-state index contributed by atoms with van der Waals surface area (Å²) in [4.78, 5) is 26.5. The fourth-order valence-corrected chi connectivity index (χ4v) is 5.25. The zero-order chi connectivity index (χ0) is 35.1. The van der Waals surface area contributed by atoms with E-state index in [-0.39, 0.29) is 12.2 Å². The van der Waals surface area contributed by atoms with E-state index in [0.29, 0.717) is 11.5 Å². The normalized spacial score (nSPS) is 10.5. The first-order valence-electron chi connectivity index (χ1n) is 17.1. The minimum atomic E-state index is -0.806. The summed E-state index contributed by atoms with van der Waals surface area (Å²) in [5, 5.41) is 29.6. The summed E-state index contributed by atoms with van der Waals surface area (Å²) in [6.45, 7) is 12.7. The maximum absolute atomic E-state index is 11.8. The van der Waals surface area contributed by atoms with E-state index < -0.39 is 12.6 Å². The van der Waals surface area contributed by atoms with E-state index in [2.05, 4.69) is 44.2 Å². The summed E-state index contributed by atoms with van der Waals surface area (Å²) >= 11 is 0. The highest BCUT2D eigenvalue weighted by atomic mass is 17.5. The number of hydrogen-bond acceptors (Lipinski definition) is 8. The van der Waals surface area contributed by atoms with Crippen molar-refractivity contribution in [2.24, 2.45) is 0 Å². The van der Waals surface area contributed by atoms with Crippen LogP contribution in [0.4, 0.5) is 0 Å². The van der Waals surface area contributed by atoms with Gasteiger partial charge in [-0.2, -0.15) is 0 Å². The van der Waals surface area contributed by atoms with Crippen LogP contribution in [0.3, 0.4) is 0 Å². The zero-order valence-electron chi connectivity index (χ0n) is 29.0. The van der Waals surface area contributed by atoms with Gasteiger partial charge in [0.1, 0.15) is 0 Å². The number of aliphatic hydroxyl groups is 2. The molecule has 8 heteroatoms. The SMILES string of the molecule is C=C(C)CO.C=C(CO)C(=O)OOc1ccc(-c2ccc(-c3ccc(OOO)cc3)c(CCCCCCC)c2CCCCCCC)cc1. The standard InChI is InChI=1S/C36H46O7.C4H8O/c1-4-6-8-10-12-14-34-32(28-16-20-30(21-17-28)40-42-36(38)27(3)26-37)24-25-33(35(34)15-13-11-9-7-5-2)29-18-22-31(23-19-29)41-43-39;1-4(2)3-5/h16-25,37,39H,3-15,26H2,1-2H3;5H,1,3H2,2H3. The fourth-order valence-electron chi connectivity index (χ4n) is 5.25. The molecule has 0 saturated carbocycles. The Labute approximate surface area is 286 Å².